The number of allylic oxidation sites excluding steroid dienone is 4. The molecular weight excluding hydrogens is 260 g/mol. The summed E-state index contributed by atoms with van der Waals surface area (Å²) in [6.45, 7) is 4.44. The average molecular weight is 284 g/mol. The molecule has 0 bridgehead atoms. The minimum Gasteiger partial charge on any atom is -0.299 e. The maximum Gasteiger partial charge on any atom is 0.156 e. The van der Waals surface area contributed by atoms with Crippen molar-refractivity contribution >= 4 is 11.6 Å². The van der Waals surface area contributed by atoms with Crippen LogP contribution in [0.2, 0.25) is 0 Å². The van der Waals surface area contributed by atoms with Gasteiger partial charge in [0.25, 0.3) is 0 Å². The molecule has 0 N–H and O–H groups in total. The summed E-state index contributed by atoms with van der Waals surface area (Å²) in [5.41, 5.74) is 4.24. The predicted molar refractivity (Wildman–Crippen MR) is 81.7 cm³/mol. The van der Waals surface area contributed by atoms with Gasteiger partial charge < -0.3 is 0 Å². The second kappa shape index (κ2) is 4.41. The van der Waals surface area contributed by atoms with Gasteiger partial charge in [-0.3, -0.25) is 9.59 Å². The average Bonchev–Trinajstić information content (AvgIpc) is 2.76. The van der Waals surface area contributed by atoms with Crippen molar-refractivity contribution in [3.05, 3.63) is 22.8 Å². The van der Waals surface area contributed by atoms with E-state index in [2.05, 4.69) is 13.8 Å². The van der Waals surface area contributed by atoms with Crippen LogP contribution >= 0.6 is 0 Å². The maximum absolute atomic E-state index is 12.3. The van der Waals surface area contributed by atoms with Gasteiger partial charge in [-0.15, -0.1) is 0 Å². The quantitative estimate of drug-likeness (QED) is 0.673. The summed E-state index contributed by atoms with van der Waals surface area (Å²) in [5, 5.41) is 0. The number of carbonyl (C=O) groups excluding carboxylic acids is 2. The van der Waals surface area contributed by atoms with E-state index in [1.165, 1.54) is 17.6 Å². The van der Waals surface area contributed by atoms with E-state index in [1.807, 2.05) is 6.08 Å². The number of fused-ring (bicyclic) bond motifs is 4. The molecule has 0 aromatic rings. The third-order valence-electron chi connectivity index (χ3n) is 6.93. The molecule has 0 amide bonds. The third kappa shape index (κ3) is 1.77. The van der Waals surface area contributed by atoms with Crippen LogP contribution in [-0.4, -0.2) is 11.6 Å². The molecule has 2 nitrogen and oxygen atoms in total. The minimum absolute atomic E-state index is 0.0554. The van der Waals surface area contributed by atoms with Gasteiger partial charge in [0, 0.05) is 18.3 Å². The lowest BCUT2D eigenvalue weighted by Crippen LogP contribution is -2.41. The standard InChI is InChI=1S/C19H24O2/c1-11-14-7-8-19(2)17(5-6-18(19)21)16(14)9-12-3-4-13(20)10-15(11)12/h10,12,16-17H,3-9H2,1-2H3. The Morgan fingerprint density at radius 1 is 1.14 bits per heavy atom. The summed E-state index contributed by atoms with van der Waals surface area (Å²) < 4.78 is 0. The first-order chi connectivity index (χ1) is 10.0. The lowest BCUT2D eigenvalue weighted by molar-refractivity contribution is -0.128. The molecule has 4 rings (SSSR count). The summed E-state index contributed by atoms with van der Waals surface area (Å²) in [6.07, 6.45) is 8.78. The van der Waals surface area contributed by atoms with E-state index in [0.717, 1.165) is 32.1 Å². The molecule has 0 aromatic carbocycles. The van der Waals surface area contributed by atoms with Crippen molar-refractivity contribution in [3.63, 3.8) is 0 Å². The van der Waals surface area contributed by atoms with Crippen molar-refractivity contribution in [3.8, 4) is 0 Å². The second-order valence-corrected chi connectivity index (χ2v) is 7.78. The smallest absolute Gasteiger partial charge is 0.156 e. The van der Waals surface area contributed by atoms with Crippen LogP contribution in [0.15, 0.2) is 22.8 Å². The Bertz CT molecular complexity index is 595. The Morgan fingerprint density at radius 3 is 2.76 bits per heavy atom. The van der Waals surface area contributed by atoms with Crippen LogP contribution in [0.5, 0.6) is 0 Å². The van der Waals surface area contributed by atoms with Gasteiger partial charge in [0.2, 0.25) is 0 Å². The van der Waals surface area contributed by atoms with E-state index >= 15 is 0 Å². The molecule has 4 atom stereocenters. The first kappa shape index (κ1) is 13.5. The van der Waals surface area contributed by atoms with Crippen LogP contribution in [0.1, 0.15) is 58.8 Å². The maximum atomic E-state index is 12.3. The van der Waals surface area contributed by atoms with Gasteiger partial charge in [-0.05, 0) is 74.0 Å². The largest absolute Gasteiger partial charge is 0.299 e. The second-order valence-electron chi connectivity index (χ2n) is 7.78. The fourth-order valence-corrected chi connectivity index (χ4v) is 5.65. The fraction of sp³-hybridized carbons (Fsp3) is 0.684. The van der Waals surface area contributed by atoms with E-state index in [0.29, 0.717) is 35.7 Å². The highest BCUT2D eigenvalue weighted by molar-refractivity contribution is 5.92. The fourth-order valence-electron chi connectivity index (χ4n) is 5.65. The van der Waals surface area contributed by atoms with Crippen molar-refractivity contribution in [1.29, 1.82) is 0 Å². The van der Waals surface area contributed by atoms with Gasteiger partial charge in [0.1, 0.15) is 5.78 Å². The molecule has 4 unspecified atom stereocenters. The van der Waals surface area contributed by atoms with Crippen LogP contribution in [0.3, 0.4) is 0 Å². The molecule has 2 fully saturated rings. The molecule has 2 saturated carbocycles. The predicted octanol–water partition coefficient (Wildman–Crippen LogP) is 4.01. The summed E-state index contributed by atoms with van der Waals surface area (Å²) in [5.74, 6) is 2.53. The van der Waals surface area contributed by atoms with Crippen molar-refractivity contribution in [2.45, 2.75) is 58.8 Å². The summed E-state index contributed by atoms with van der Waals surface area (Å²) >= 11 is 0. The number of rotatable bonds is 0. The third-order valence-corrected chi connectivity index (χ3v) is 6.93. The van der Waals surface area contributed by atoms with E-state index in [1.54, 1.807) is 5.57 Å². The first-order valence-electron chi connectivity index (χ1n) is 8.48. The topological polar surface area (TPSA) is 34.1 Å². The number of hydrogen-bond acceptors (Lipinski definition) is 2. The summed E-state index contributed by atoms with van der Waals surface area (Å²) in [6, 6.07) is 0. The normalized spacial score (nSPS) is 42.4. The van der Waals surface area contributed by atoms with Crippen LogP contribution in [0, 0.1) is 23.2 Å². The first-order valence-corrected chi connectivity index (χ1v) is 8.48. The Balaban J connectivity index is 1.77. The Kier molecular flexibility index (Phi) is 2.83. The Labute approximate surface area is 126 Å². The lowest BCUT2D eigenvalue weighted by Gasteiger charge is -2.48. The van der Waals surface area contributed by atoms with Crippen LogP contribution in [0.4, 0.5) is 0 Å². The molecule has 112 valence electrons. The molecule has 0 aromatic heterocycles. The van der Waals surface area contributed by atoms with Crippen molar-refractivity contribution < 1.29 is 9.59 Å². The summed E-state index contributed by atoms with van der Waals surface area (Å²) in [7, 11) is 0. The van der Waals surface area contributed by atoms with Crippen molar-refractivity contribution in [2.24, 2.45) is 23.2 Å². The number of carbonyl (C=O) groups is 2. The monoisotopic (exact) mass is 284 g/mol. The molecular formula is C19H24O2. The molecule has 0 saturated heterocycles. The van der Waals surface area contributed by atoms with E-state index < -0.39 is 0 Å². The molecule has 21 heavy (non-hydrogen) atoms. The zero-order chi connectivity index (χ0) is 14.8. The van der Waals surface area contributed by atoms with Crippen LogP contribution < -0.4 is 0 Å². The molecule has 2 heteroatoms. The van der Waals surface area contributed by atoms with Crippen molar-refractivity contribution in [1.82, 2.24) is 0 Å². The van der Waals surface area contributed by atoms with Gasteiger partial charge in [0.05, 0.1) is 0 Å². The molecule has 0 aliphatic heterocycles. The highest BCUT2D eigenvalue weighted by Crippen LogP contribution is 2.59. The van der Waals surface area contributed by atoms with E-state index in [4.69, 9.17) is 0 Å². The number of ketones is 2. The van der Waals surface area contributed by atoms with Gasteiger partial charge in [-0.2, -0.15) is 0 Å². The SMILES string of the molecule is CC1=C2CCC3(C)C(=O)CCC3C2CC2CCC(=O)C=C12. The van der Waals surface area contributed by atoms with Gasteiger partial charge in [-0.25, -0.2) is 0 Å². The Hall–Kier alpha value is -1.18. The molecule has 0 heterocycles. The zero-order valence-electron chi connectivity index (χ0n) is 13.1. The number of hydrogen-bond donors (Lipinski definition) is 0. The molecule has 0 spiro atoms. The minimum atomic E-state index is -0.0554. The lowest BCUT2D eigenvalue weighted by atomic mass is 9.56. The van der Waals surface area contributed by atoms with Crippen LogP contribution in [0.25, 0.3) is 0 Å². The van der Waals surface area contributed by atoms with E-state index in [-0.39, 0.29) is 5.41 Å². The number of Topliss-reactive ketones (excluding diaryl/α,β-unsaturated/α-hetero) is 1. The van der Waals surface area contributed by atoms with Gasteiger partial charge in [-0.1, -0.05) is 12.5 Å². The zero-order valence-corrected chi connectivity index (χ0v) is 13.1. The molecule has 0 radical (unpaired) electrons. The van der Waals surface area contributed by atoms with Crippen LogP contribution in [-0.2, 0) is 9.59 Å². The molecule has 4 aliphatic carbocycles. The Morgan fingerprint density at radius 2 is 1.95 bits per heavy atom. The van der Waals surface area contributed by atoms with E-state index in [9.17, 15) is 9.59 Å². The van der Waals surface area contributed by atoms with Crippen molar-refractivity contribution in [2.75, 3.05) is 0 Å². The molecule has 4 aliphatic rings. The van der Waals surface area contributed by atoms with Gasteiger partial charge in [0.15, 0.2) is 5.78 Å². The summed E-state index contributed by atoms with van der Waals surface area (Å²) in [4.78, 5) is 24.1. The highest BCUT2D eigenvalue weighted by atomic mass is 16.1. The van der Waals surface area contributed by atoms with Gasteiger partial charge >= 0.3 is 0 Å². The highest BCUT2D eigenvalue weighted by Gasteiger charge is 2.54.